The zero-order valence-electron chi connectivity index (χ0n) is 19.1. The predicted octanol–water partition coefficient (Wildman–Crippen LogP) is 3.48. The third-order valence-corrected chi connectivity index (χ3v) is 7.62. The fourth-order valence-corrected chi connectivity index (χ4v) is 5.55. The second-order valence-corrected chi connectivity index (χ2v) is 10.3. The van der Waals surface area contributed by atoms with Crippen LogP contribution in [0.1, 0.15) is 45.4 Å². The lowest BCUT2D eigenvalue weighted by Gasteiger charge is -2.25. The van der Waals surface area contributed by atoms with E-state index in [1.807, 2.05) is 0 Å². The summed E-state index contributed by atoms with van der Waals surface area (Å²) in [7, 11) is -3.83. The predicted molar refractivity (Wildman–Crippen MR) is 131 cm³/mol. The normalized spacial score (nSPS) is 14.6. The second-order valence-electron chi connectivity index (χ2n) is 8.47. The second kappa shape index (κ2) is 10.3. The van der Waals surface area contributed by atoms with Crippen molar-refractivity contribution < 1.29 is 18.0 Å². The van der Waals surface area contributed by atoms with Gasteiger partial charge in [-0.15, -0.1) is 0 Å². The van der Waals surface area contributed by atoms with Gasteiger partial charge in [0.15, 0.2) is 5.65 Å². The SMILES string of the molecule is CC(=O)NCCC(=O)Nc1cnc2c(ccn2S(=O)(=O)c2ccccc2)c1NC1CCCCC1. The Bertz CT molecular complexity index is 1280. The summed E-state index contributed by atoms with van der Waals surface area (Å²) in [5.41, 5.74) is 1.44. The number of amides is 2. The molecule has 0 aliphatic heterocycles. The van der Waals surface area contributed by atoms with Gasteiger partial charge in [-0.05, 0) is 31.0 Å². The maximum absolute atomic E-state index is 13.2. The maximum Gasteiger partial charge on any atom is 0.269 e. The quantitative estimate of drug-likeness (QED) is 0.451. The zero-order valence-corrected chi connectivity index (χ0v) is 19.9. The van der Waals surface area contributed by atoms with Crippen LogP contribution in [-0.2, 0) is 19.6 Å². The van der Waals surface area contributed by atoms with Crippen LogP contribution in [0.15, 0.2) is 53.7 Å². The number of hydrogen-bond donors (Lipinski definition) is 3. The van der Waals surface area contributed by atoms with E-state index in [2.05, 4.69) is 20.9 Å². The molecule has 0 unspecified atom stereocenters. The van der Waals surface area contributed by atoms with E-state index in [-0.39, 0.29) is 35.7 Å². The molecule has 3 N–H and O–H groups in total. The van der Waals surface area contributed by atoms with Crippen LogP contribution in [0.3, 0.4) is 0 Å². The van der Waals surface area contributed by atoms with Crippen LogP contribution < -0.4 is 16.0 Å². The molecule has 0 radical (unpaired) electrons. The van der Waals surface area contributed by atoms with Gasteiger partial charge in [0.2, 0.25) is 11.8 Å². The average molecular weight is 484 g/mol. The molecule has 2 amide bonds. The Morgan fingerprint density at radius 2 is 1.82 bits per heavy atom. The third kappa shape index (κ3) is 5.22. The number of anilines is 2. The number of fused-ring (bicyclic) bond motifs is 1. The Balaban J connectivity index is 1.70. The van der Waals surface area contributed by atoms with Crippen LogP contribution in [0, 0.1) is 0 Å². The van der Waals surface area contributed by atoms with Crippen molar-refractivity contribution in [1.82, 2.24) is 14.3 Å². The van der Waals surface area contributed by atoms with Gasteiger partial charge in [0, 0.05) is 37.5 Å². The van der Waals surface area contributed by atoms with E-state index in [0.717, 1.165) is 25.7 Å². The standard InChI is InChI=1S/C24H29N5O4S/c1-17(30)25-14-12-22(31)28-21-16-26-24-20(23(21)27-18-8-4-2-5-9-18)13-15-29(24)34(32,33)19-10-6-3-7-11-19/h3,6-7,10-11,13,15-16,18H,2,4-5,8-9,12,14H2,1H3,(H,25,30)(H,26,27)(H,28,31). The smallest absolute Gasteiger partial charge is 0.269 e. The topological polar surface area (TPSA) is 122 Å². The van der Waals surface area contributed by atoms with Gasteiger partial charge in [-0.1, -0.05) is 37.5 Å². The lowest BCUT2D eigenvalue weighted by Crippen LogP contribution is -2.26. The molecule has 1 aliphatic rings. The number of nitrogens with one attached hydrogen (secondary N) is 3. The van der Waals surface area contributed by atoms with Crippen molar-refractivity contribution in [3.63, 3.8) is 0 Å². The van der Waals surface area contributed by atoms with Gasteiger partial charge < -0.3 is 16.0 Å². The van der Waals surface area contributed by atoms with Gasteiger partial charge >= 0.3 is 0 Å². The van der Waals surface area contributed by atoms with Crippen LogP contribution in [0.2, 0.25) is 0 Å². The van der Waals surface area contributed by atoms with Crippen molar-refractivity contribution >= 4 is 44.2 Å². The van der Waals surface area contributed by atoms with E-state index in [1.165, 1.54) is 29.7 Å². The molecule has 4 rings (SSSR count). The highest BCUT2D eigenvalue weighted by atomic mass is 32.2. The maximum atomic E-state index is 13.2. The fraction of sp³-hybridized carbons (Fsp3) is 0.375. The number of rotatable bonds is 8. The van der Waals surface area contributed by atoms with Gasteiger partial charge in [0.25, 0.3) is 10.0 Å². The number of pyridine rings is 1. The molecule has 1 aliphatic carbocycles. The number of nitrogens with zero attached hydrogens (tertiary/aromatic N) is 2. The minimum absolute atomic E-state index is 0.115. The van der Waals surface area contributed by atoms with Crippen molar-refractivity contribution in [2.24, 2.45) is 0 Å². The highest BCUT2D eigenvalue weighted by molar-refractivity contribution is 7.90. The van der Waals surface area contributed by atoms with Crippen LogP contribution in [0.5, 0.6) is 0 Å². The molecule has 0 spiro atoms. The Labute approximate surface area is 199 Å². The molecule has 1 aromatic carbocycles. The number of benzene rings is 1. The lowest BCUT2D eigenvalue weighted by molar-refractivity contribution is -0.119. The van der Waals surface area contributed by atoms with E-state index < -0.39 is 10.0 Å². The minimum Gasteiger partial charge on any atom is -0.380 e. The largest absolute Gasteiger partial charge is 0.380 e. The van der Waals surface area contributed by atoms with E-state index in [1.54, 1.807) is 36.4 Å². The van der Waals surface area contributed by atoms with Crippen molar-refractivity contribution in [1.29, 1.82) is 0 Å². The summed E-state index contributed by atoms with van der Waals surface area (Å²) >= 11 is 0. The van der Waals surface area contributed by atoms with Crippen molar-refractivity contribution in [3.8, 4) is 0 Å². The first-order chi connectivity index (χ1) is 16.4. The highest BCUT2D eigenvalue weighted by Gasteiger charge is 2.24. The van der Waals surface area contributed by atoms with Crippen molar-refractivity contribution in [2.75, 3.05) is 17.2 Å². The van der Waals surface area contributed by atoms with Crippen LogP contribution in [-0.4, -0.2) is 41.8 Å². The molecule has 1 saturated carbocycles. The van der Waals surface area contributed by atoms with E-state index in [4.69, 9.17) is 0 Å². The van der Waals surface area contributed by atoms with E-state index in [0.29, 0.717) is 22.4 Å². The average Bonchev–Trinajstić information content (AvgIpc) is 3.27. The van der Waals surface area contributed by atoms with Gasteiger partial charge in [0.05, 0.1) is 22.5 Å². The summed E-state index contributed by atoms with van der Waals surface area (Å²) in [5, 5.41) is 9.64. The molecule has 3 aromatic rings. The number of hydrogen-bond acceptors (Lipinski definition) is 6. The van der Waals surface area contributed by atoms with Crippen LogP contribution in [0.4, 0.5) is 11.4 Å². The monoisotopic (exact) mass is 483 g/mol. The molecule has 10 heteroatoms. The van der Waals surface area contributed by atoms with Gasteiger partial charge in [-0.2, -0.15) is 0 Å². The lowest BCUT2D eigenvalue weighted by atomic mass is 9.95. The molecule has 0 bridgehead atoms. The summed E-state index contributed by atoms with van der Waals surface area (Å²) in [6, 6.07) is 10.1. The van der Waals surface area contributed by atoms with Crippen LogP contribution >= 0.6 is 0 Å². The Kier molecular flexibility index (Phi) is 7.16. The Morgan fingerprint density at radius 1 is 1.09 bits per heavy atom. The fourth-order valence-electron chi connectivity index (χ4n) is 4.23. The summed E-state index contributed by atoms with van der Waals surface area (Å²) in [6.07, 6.45) is 8.54. The molecule has 9 nitrogen and oxygen atoms in total. The zero-order chi connectivity index (χ0) is 24.1. The first kappa shape index (κ1) is 23.7. The molecule has 1 fully saturated rings. The first-order valence-electron chi connectivity index (χ1n) is 11.5. The first-order valence-corrected chi connectivity index (χ1v) is 12.9. The van der Waals surface area contributed by atoms with Gasteiger partial charge in [0.1, 0.15) is 0 Å². The van der Waals surface area contributed by atoms with E-state index >= 15 is 0 Å². The highest BCUT2D eigenvalue weighted by Crippen LogP contribution is 2.34. The number of aromatic nitrogens is 2. The van der Waals surface area contributed by atoms with Gasteiger partial charge in [-0.25, -0.2) is 17.4 Å². The van der Waals surface area contributed by atoms with Crippen molar-refractivity contribution in [3.05, 3.63) is 48.8 Å². The molecule has 0 atom stereocenters. The molecule has 0 saturated heterocycles. The minimum atomic E-state index is -3.83. The van der Waals surface area contributed by atoms with E-state index in [9.17, 15) is 18.0 Å². The summed E-state index contributed by atoms with van der Waals surface area (Å²) < 4.78 is 27.7. The Morgan fingerprint density at radius 3 is 2.53 bits per heavy atom. The van der Waals surface area contributed by atoms with Crippen molar-refractivity contribution in [2.45, 2.75) is 56.4 Å². The molecule has 2 aromatic heterocycles. The number of carbonyl (C=O) groups is 2. The van der Waals surface area contributed by atoms with Crippen LogP contribution in [0.25, 0.3) is 11.0 Å². The summed E-state index contributed by atoms with van der Waals surface area (Å²) in [5.74, 6) is -0.463. The molecule has 2 heterocycles. The number of carbonyl (C=O) groups excluding carboxylic acids is 2. The Hall–Kier alpha value is -3.40. The third-order valence-electron chi connectivity index (χ3n) is 5.93. The molecule has 34 heavy (non-hydrogen) atoms. The molecular weight excluding hydrogens is 454 g/mol. The molecule has 180 valence electrons. The summed E-state index contributed by atoms with van der Waals surface area (Å²) in [6.45, 7) is 1.63. The van der Waals surface area contributed by atoms with Gasteiger partial charge in [-0.3, -0.25) is 9.59 Å². The summed E-state index contributed by atoms with van der Waals surface area (Å²) in [4.78, 5) is 28.2. The molecular formula is C24H29N5O4S.